The number of carbonyl (C=O) groups is 1. The maximum Gasteiger partial charge on any atom is 0.323 e. The zero-order chi connectivity index (χ0) is 8.93. The molecule has 0 radical (unpaired) electrons. The SMILES string of the molecule is COC(=O)[C@@H]1NC[C@@H]2[C@@H]1C2(C)C. The standard InChI is InChI=1S/C9H15NO2/c1-9(2)5-4-10-7(6(5)9)8(11)12-3/h5-7,10H,4H2,1-3H3/t5-,6+,7-/m1/s1. The van der Waals surface area contributed by atoms with Gasteiger partial charge in [-0.05, 0) is 23.8 Å². The van der Waals surface area contributed by atoms with Crippen LogP contribution < -0.4 is 5.32 Å². The van der Waals surface area contributed by atoms with E-state index in [1.165, 1.54) is 7.11 Å². The average molecular weight is 169 g/mol. The molecular formula is C9H15NO2. The van der Waals surface area contributed by atoms with E-state index in [0.29, 0.717) is 17.3 Å². The van der Waals surface area contributed by atoms with Gasteiger partial charge in [-0.1, -0.05) is 13.8 Å². The summed E-state index contributed by atoms with van der Waals surface area (Å²) in [6.45, 7) is 5.41. The second-order valence-electron chi connectivity index (χ2n) is 4.36. The molecule has 1 saturated carbocycles. The largest absolute Gasteiger partial charge is 0.468 e. The third kappa shape index (κ3) is 0.829. The van der Waals surface area contributed by atoms with Gasteiger partial charge in [0, 0.05) is 0 Å². The summed E-state index contributed by atoms with van der Waals surface area (Å²) in [5, 5.41) is 3.19. The van der Waals surface area contributed by atoms with Crippen LogP contribution in [0.15, 0.2) is 0 Å². The summed E-state index contributed by atoms with van der Waals surface area (Å²) in [6, 6.07) is -0.0463. The zero-order valence-corrected chi connectivity index (χ0v) is 7.76. The minimum Gasteiger partial charge on any atom is -0.468 e. The number of carbonyl (C=O) groups excluding carboxylic acids is 1. The van der Waals surface area contributed by atoms with Gasteiger partial charge in [0.1, 0.15) is 6.04 Å². The zero-order valence-electron chi connectivity index (χ0n) is 7.76. The van der Waals surface area contributed by atoms with Crippen LogP contribution in [0.25, 0.3) is 0 Å². The number of fused-ring (bicyclic) bond motifs is 1. The number of hydrogen-bond donors (Lipinski definition) is 1. The number of esters is 1. The molecule has 3 nitrogen and oxygen atoms in total. The lowest BCUT2D eigenvalue weighted by molar-refractivity contribution is -0.143. The van der Waals surface area contributed by atoms with Crippen LogP contribution in [0.3, 0.4) is 0 Å². The second-order valence-corrected chi connectivity index (χ2v) is 4.36. The Morgan fingerprint density at radius 3 is 2.67 bits per heavy atom. The number of rotatable bonds is 1. The Balaban J connectivity index is 2.08. The number of nitrogens with one attached hydrogen (secondary N) is 1. The molecule has 0 aromatic heterocycles. The van der Waals surface area contributed by atoms with E-state index in [2.05, 4.69) is 19.2 Å². The molecule has 0 bridgehead atoms. The number of piperidine rings is 1. The molecule has 0 amide bonds. The van der Waals surface area contributed by atoms with Crippen molar-refractivity contribution in [3.8, 4) is 0 Å². The molecule has 0 aromatic rings. The Kier molecular flexibility index (Phi) is 1.49. The first kappa shape index (κ1) is 8.05. The van der Waals surface area contributed by atoms with Crippen molar-refractivity contribution in [3.05, 3.63) is 0 Å². The average Bonchev–Trinajstić information content (AvgIpc) is 2.52. The van der Waals surface area contributed by atoms with Gasteiger partial charge in [-0.25, -0.2) is 0 Å². The molecule has 2 aliphatic rings. The number of ether oxygens (including phenoxy) is 1. The lowest BCUT2D eigenvalue weighted by Crippen LogP contribution is -2.38. The summed E-state index contributed by atoms with van der Waals surface area (Å²) in [5.41, 5.74) is 0.351. The summed E-state index contributed by atoms with van der Waals surface area (Å²) < 4.78 is 4.72. The maximum absolute atomic E-state index is 11.3. The first-order chi connectivity index (χ1) is 5.59. The van der Waals surface area contributed by atoms with E-state index in [1.807, 2.05) is 0 Å². The van der Waals surface area contributed by atoms with Gasteiger partial charge in [0.25, 0.3) is 0 Å². The minimum atomic E-state index is -0.104. The highest BCUT2D eigenvalue weighted by Gasteiger charge is 2.66. The highest BCUT2D eigenvalue weighted by atomic mass is 16.5. The molecule has 2 rings (SSSR count). The molecule has 1 saturated heterocycles. The minimum absolute atomic E-state index is 0.0463. The van der Waals surface area contributed by atoms with Gasteiger partial charge in [-0.2, -0.15) is 0 Å². The Morgan fingerprint density at radius 2 is 2.25 bits per heavy atom. The van der Waals surface area contributed by atoms with Crippen molar-refractivity contribution in [2.45, 2.75) is 19.9 Å². The Bertz CT molecular complexity index is 225. The predicted molar refractivity (Wildman–Crippen MR) is 44.6 cm³/mol. The molecule has 1 heterocycles. The summed E-state index contributed by atoms with van der Waals surface area (Å²) in [5.74, 6) is 1.08. The van der Waals surface area contributed by atoms with E-state index >= 15 is 0 Å². The number of methoxy groups -OCH3 is 1. The van der Waals surface area contributed by atoms with Gasteiger partial charge >= 0.3 is 5.97 Å². The molecule has 68 valence electrons. The summed E-state index contributed by atoms with van der Waals surface area (Å²) in [4.78, 5) is 11.3. The quantitative estimate of drug-likeness (QED) is 0.577. The molecular weight excluding hydrogens is 154 g/mol. The molecule has 3 heteroatoms. The van der Waals surface area contributed by atoms with Gasteiger partial charge in [-0.3, -0.25) is 4.79 Å². The van der Waals surface area contributed by atoms with E-state index in [-0.39, 0.29) is 12.0 Å². The molecule has 12 heavy (non-hydrogen) atoms. The smallest absolute Gasteiger partial charge is 0.323 e. The topological polar surface area (TPSA) is 38.3 Å². The van der Waals surface area contributed by atoms with Crippen molar-refractivity contribution < 1.29 is 9.53 Å². The van der Waals surface area contributed by atoms with Crippen LogP contribution in [-0.2, 0) is 9.53 Å². The van der Waals surface area contributed by atoms with Crippen molar-refractivity contribution in [2.75, 3.05) is 13.7 Å². The van der Waals surface area contributed by atoms with E-state index in [9.17, 15) is 4.79 Å². The van der Waals surface area contributed by atoms with E-state index in [1.54, 1.807) is 0 Å². The first-order valence-electron chi connectivity index (χ1n) is 4.40. The van der Waals surface area contributed by atoms with Gasteiger partial charge in [0.2, 0.25) is 0 Å². The van der Waals surface area contributed by atoms with Crippen LogP contribution in [0.5, 0.6) is 0 Å². The van der Waals surface area contributed by atoms with E-state index in [4.69, 9.17) is 4.74 Å². The third-order valence-electron chi connectivity index (χ3n) is 3.51. The van der Waals surface area contributed by atoms with Crippen molar-refractivity contribution in [1.82, 2.24) is 5.32 Å². The van der Waals surface area contributed by atoms with Crippen molar-refractivity contribution >= 4 is 5.97 Å². The van der Waals surface area contributed by atoms with Crippen LogP contribution in [0.1, 0.15) is 13.8 Å². The lowest BCUT2D eigenvalue weighted by Gasteiger charge is -2.16. The highest BCUT2D eigenvalue weighted by Crippen LogP contribution is 2.62. The van der Waals surface area contributed by atoms with Crippen LogP contribution >= 0.6 is 0 Å². The van der Waals surface area contributed by atoms with Crippen LogP contribution in [0, 0.1) is 17.3 Å². The van der Waals surface area contributed by atoms with Gasteiger partial charge in [0.05, 0.1) is 7.11 Å². The number of hydrogen-bond acceptors (Lipinski definition) is 3. The summed E-state index contributed by atoms with van der Waals surface area (Å²) in [7, 11) is 1.45. The Labute approximate surface area is 72.5 Å². The van der Waals surface area contributed by atoms with Crippen LogP contribution in [-0.4, -0.2) is 25.7 Å². The molecule has 3 atom stereocenters. The molecule has 0 spiro atoms. The fourth-order valence-electron chi connectivity index (χ4n) is 2.58. The molecule has 1 aliphatic carbocycles. The van der Waals surface area contributed by atoms with Gasteiger partial charge in [-0.15, -0.1) is 0 Å². The van der Waals surface area contributed by atoms with Crippen molar-refractivity contribution in [1.29, 1.82) is 0 Å². The fraction of sp³-hybridized carbons (Fsp3) is 0.889. The van der Waals surface area contributed by atoms with E-state index < -0.39 is 0 Å². The molecule has 0 aromatic carbocycles. The van der Waals surface area contributed by atoms with Crippen molar-refractivity contribution in [2.24, 2.45) is 17.3 Å². The van der Waals surface area contributed by atoms with Crippen LogP contribution in [0.4, 0.5) is 0 Å². The fourth-order valence-corrected chi connectivity index (χ4v) is 2.58. The second kappa shape index (κ2) is 2.22. The van der Waals surface area contributed by atoms with Gasteiger partial charge < -0.3 is 10.1 Å². The lowest BCUT2D eigenvalue weighted by atomic mass is 10.0. The normalized spacial score (nSPS) is 42.1. The Morgan fingerprint density at radius 1 is 1.58 bits per heavy atom. The van der Waals surface area contributed by atoms with Gasteiger partial charge in [0.15, 0.2) is 0 Å². The molecule has 1 N–H and O–H groups in total. The van der Waals surface area contributed by atoms with E-state index in [0.717, 1.165) is 6.54 Å². The molecule has 2 fully saturated rings. The molecule has 0 unspecified atom stereocenters. The van der Waals surface area contributed by atoms with Crippen molar-refractivity contribution in [3.63, 3.8) is 0 Å². The third-order valence-corrected chi connectivity index (χ3v) is 3.51. The Hall–Kier alpha value is -0.570. The maximum atomic E-state index is 11.3. The predicted octanol–water partition coefficient (Wildman–Crippen LogP) is 0.403. The summed E-state index contributed by atoms with van der Waals surface area (Å²) in [6.07, 6.45) is 0. The highest BCUT2D eigenvalue weighted by molar-refractivity contribution is 5.77. The summed E-state index contributed by atoms with van der Waals surface area (Å²) >= 11 is 0. The first-order valence-corrected chi connectivity index (χ1v) is 4.40. The van der Waals surface area contributed by atoms with Crippen LogP contribution in [0.2, 0.25) is 0 Å². The monoisotopic (exact) mass is 169 g/mol. The molecule has 1 aliphatic heterocycles.